The van der Waals surface area contributed by atoms with Gasteiger partial charge in [-0.3, -0.25) is 0 Å². The van der Waals surface area contributed by atoms with E-state index >= 15 is 0 Å². The van der Waals surface area contributed by atoms with E-state index in [4.69, 9.17) is 5.73 Å². The number of nitrogens with zero attached hydrogens (tertiary/aromatic N) is 1. The maximum Gasteiger partial charge on any atom is 0.243 e. The van der Waals surface area contributed by atoms with E-state index in [-0.39, 0.29) is 18.4 Å². The third-order valence-corrected chi connectivity index (χ3v) is 5.97. The predicted octanol–water partition coefficient (Wildman–Crippen LogP) is 3.17. The van der Waals surface area contributed by atoms with Crippen molar-refractivity contribution in [1.82, 2.24) is 4.31 Å². The highest BCUT2D eigenvalue weighted by atomic mass is 79.9. The van der Waals surface area contributed by atoms with Crippen LogP contribution < -0.4 is 5.73 Å². The summed E-state index contributed by atoms with van der Waals surface area (Å²) >= 11 is 3.34. The number of hydrogen-bond acceptors (Lipinski definition) is 3. The maximum absolute atomic E-state index is 12.5. The van der Waals surface area contributed by atoms with Gasteiger partial charge in [-0.2, -0.15) is 0 Å². The van der Waals surface area contributed by atoms with Crippen LogP contribution in [0.25, 0.3) is 0 Å². The van der Waals surface area contributed by atoms with Crippen molar-refractivity contribution in [2.45, 2.75) is 38.1 Å². The normalized spacial score (nSPS) is 13.3. The summed E-state index contributed by atoms with van der Waals surface area (Å²) in [6.45, 7) is 6.30. The molecule has 0 aliphatic heterocycles. The van der Waals surface area contributed by atoms with Crippen molar-refractivity contribution in [2.24, 2.45) is 11.7 Å². The summed E-state index contributed by atoms with van der Waals surface area (Å²) in [5.74, 6) is 0.348. The summed E-state index contributed by atoms with van der Waals surface area (Å²) in [6.07, 6.45) is 0.656. The SMILES string of the molecule is Cc1cc(Br)ccc1S(=O)(=O)N(C)CCC(N)C(C)C.Cl. The van der Waals surface area contributed by atoms with Crippen molar-refractivity contribution >= 4 is 38.4 Å². The van der Waals surface area contributed by atoms with Crippen molar-refractivity contribution in [3.63, 3.8) is 0 Å². The molecule has 0 aromatic heterocycles. The second-order valence-corrected chi connectivity index (χ2v) is 8.36. The third-order valence-electron chi connectivity index (χ3n) is 3.46. The van der Waals surface area contributed by atoms with Crippen LogP contribution in [-0.2, 0) is 10.0 Å². The van der Waals surface area contributed by atoms with Gasteiger partial charge in [0, 0.05) is 24.1 Å². The van der Waals surface area contributed by atoms with E-state index in [2.05, 4.69) is 15.9 Å². The molecule has 1 unspecified atom stereocenters. The Balaban J connectivity index is 0.00000400. The first-order valence-corrected chi connectivity index (χ1v) is 8.87. The predicted molar refractivity (Wildman–Crippen MR) is 93.4 cm³/mol. The number of benzene rings is 1. The molecule has 122 valence electrons. The van der Waals surface area contributed by atoms with Crippen molar-refractivity contribution in [3.8, 4) is 0 Å². The van der Waals surface area contributed by atoms with Gasteiger partial charge < -0.3 is 5.73 Å². The summed E-state index contributed by atoms with van der Waals surface area (Å²) in [4.78, 5) is 0.348. The van der Waals surface area contributed by atoms with E-state index in [9.17, 15) is 8.42 Å². The van der Waals surface area contributed by atoms with E-state index < -0.39 is 10.0 Å². The van der Waals surface area contributed by atoms with Crippen LogP contribution in [-0.4, -0.2) is 32.4 Å². The van der Waals surface area contributed by atoms with Crippen LogP contribution in [0.1, 0.15) is 25.8 Å². The Morgan fingerprint density at radius 3 is 2.38 bits per heavy atom. The lowest BCUT2D eigenvalue weighted by atomic mass is 10.0. The number of rotatable bonds is 6. The maximum atomic E-state index is 12.5. The summed E-state index contributed by atoms with van der Waals surface area (Å²) in [7, 11) is -1.85. The van der Waals surface area contributed by atoms with Gasteiger partial charge in [-0.25, -0.2) is 12.7 Å². The van der Waals surface area contributed by atoms with Crippen LogP contribution in [0, 0.1) is 12.8 Å². The molecule has 0 fully saturated rings. The molecule has 0 bridgehead atoms. The van der Waals surface area contributed by atoms with Gasteiger partial charge in [-0.1, -0.05) is 29.8 Å². The van der Waals surface area contributed by atoms with Crippen molar-refractivity contribution in [3.05, 3.63) is 28.2 Å². The molecule has 1 rings (SSSR count). The van der Waals surface area contributed by atoms with Crippen LogP contribution in [0.3, 0.4) is 0 Å². The molecule has 0 heterocycles. The molecule has 0 aliphatic rings. The summed E-state index contributed by atoms with van der Waals surface area (Å²) in [5, 5.41) is 0. The van der Waals surface area contributed by atoms with Crippen molar-refractivity contribution in [1.29, 1.82) is 0 Å². The first-order chi connectivity index (χ1) is 9.16. The number of halogens is 2. The Labute approximate surface area is 142 Å². The molecular formula is C14H24BrClN2O2S. The molecule has 0 saturated carbocycles. The highest BCUT2D eigenvalue weighted by molar-refractivity contribution is 9.10. The second-order valence-electron chi connectivity index (χ2n) is 5.43. The Morgan fingerprint density at radius 2 is 1.90 bits per heavy atom. The fourth-order valence-electron chi connectivity index (χ4n) is 1.85. The van der Waals surface area contributed by atoms with Gasteiger partial charge in [0.15, 0.2) is 0 Å². The zero-order valence-electron chi connectivity index (χ0n) is 12.8. The van der Waals surface area contributed by atoms with Gasteiger partial charge in [0.1, 0.15) is 0 Å². The molecule has 2 N–H and O–H groups in total. The first-order valence-electron chi connectivity index (χ1n) is 6.64. The average Bonchev–Trinajstić information content (AvgIpc) is 2.34. The molecule has 1 atom stereocenters. The van der Waals surface area contributed by atoms with E-state index in [1.165, 1.54) is 4.31 Å². The molecule has 4 nitrogen and oxygen atoms in total. The van der Waals surface area contributed by atoms with Crippen LogP contribution in [0.15, 0.2) is 27.6 Å². The lowest BCUT2D eigenvalue weighted by Gasteiger charge is -2.22. The lowest BCUT2D eigenvalue weighted by Crippen LogP contribution is -2.34. The number of sulfonamides is 1. The van der Waals surface area contributed by atoms with E-state index in [1.54, 1.807) is 32.2 Å². The molecule has 0 amide bonds. The molecule has 0 saturated heterocycles. The molecule has 1 aromatic rings. The van der Waals surface area contributed by atoms with E-state index in [0.29, 0.717) is 23.8 Å². The molecule has 7 heteroatoms. The van der Waals surface area contributed by atoms with Crippen LogP contribution in [0.4, 0.5) is 0 Å². The minimum atomic E-state index is -3.45. The molecule has 0 radical (unpaired) electrons. The fourth-order valence-corrected chi connectivity index (χ4v) is 3.72. The topological polar surface area (TPSA) is 63.4 Å². The number of aryl methyl sites for hydroxylation is 1. The summed E-state index contributed by atoms with van der Waals surface area (Å²) in [5.41, 5.74) is 6.70. The van der Waals surface area contributed by atoms with Crippen LogP contribution in [0.2, 0.25) is 0 Å². The first kappa shape index (κ1) is 20.9. The minimum Gasteiger partial charge on any atom is -0.327 e. The number of hydrogen-bond donors (Lipinski definition) is 1. The zero-order valence-corrected chi connectivity index (χ0v) is 16.1. The Bertz CT molecular complexity index is 564. The lowest BCUT2D eigenvalue weighted by molar-refractivity contribution is 0.397. The molecule has 0 aliphatic carbocycles. The molecule has 0 spiro atoms. The summed E-state index contributed by atoms with van der Waals surface area (Å²) < 4.78 is 27.3. The molecule has 21 heavy (non-hydrogen) atoms. The van der Waals surface area contributed by atoms with Gasteiger partial charge >= 0.3 is 0 Å². The van der Waals surface area contributed by atoms with Gasteiger partial charge in [-0.05, 0) is 43.0 Å². The van der Waals surface area contributed by atoms with Crippen molar-refractivity contribution in [2.75, 3.05) is 13.6 Å². The summed E-state index contributed by atoms with van der Waals surface area (Å²) in [6, 6.07) is 5.19. The van der Waals surface area contributed by atoms with E-state index in [1.807, 2.05) is 13.8 Å². The second kappa shape index (κ2) is 8.48. The Kier molecular flexibility index (Phi) is 8.42. The standard InChI is InChI=1S/C14H23BrN2O2S.ClH/c1-10(2)13(16)7-8-17(4)20(18,19)14-6-5-12(15)9-11(14)3;/h5-6,9-10,13H,7-8,16H2,1-4H3;1H. The highest BCUT2D eigenvalue weighted by Crippen LogP contribution is 2.23. The highest BCUT2D eigenvalue weighted by Gasteiger charge is 2.23. The number of nitrogens with two attached hydrogens (primary N) is 1. The van der Waals surface area contributed by atoms with Crippen LogP contribution in [0.5, 0.6) is 0 Å². The third kappa shape index (κ3) is 5.53. The Morgan fingerprint density at radius 1 is 1.33 bits per heavy atom. The minimum absolute atomic E-state index is 0. The quantitative estimate of drug-likeness (QED) is 0.799. The van der Waals surface area contributed by atoms with Crippen molar-refractivity contribution < 1.29 is 8.42 Å². The van der Waals surface area contributed by atoms with Gasteiger partial charge in [0.2, 0.25) is 10.0 Å². The van der Waals surface area contributed by atoms with Gasteiger partial charge in [-0.15, -0.1) is 12.4 Å². The largest absolute Gasteiger partial charge is 0.327 e. The smallest absolute Gasteiger partial charge is 0.243 e. The average molecular weight is 400 g/mol. The molecule has 1 aromatic carbocycles. The van der Waals surface area contributed by atoms with Crippen LogP contribution >= 0.6 is 28.3 Å². The zero-order chi connectivity index (χ0) is 15.5. The van der Waals surface area contributed by atoms with Gasteiger partial charge in [0.25, 0.3) is 0 Å². The fraction of sp³-hybridized carbons (Fsp3) is 0.571. The Hall–Kier alpha value is -0.140. The van der Waals surface area contributed by atoms with Gasteiger partial charge in [0.05, 0.1) is 4.90 Å². The monoisotopic (exact) mass is 398 g/mol. The van der Waals surface area contributed by atoms with E-state index in [0.717, 1.165) is 10.0 Å². The molecular weight excluding hydrogens is 376 g/mol.